The molecule has 0 atom stereocenters. The summed E-state index contributed by atoms with van der Waals surface area (Å²) in [6.07, 6.45) is 2.22. The highest BCUT2D eigenvalue weighted by atomic mass is 35.5. The zero-order chi connectivity index (χ0) is 12.7. The lowest BCUT2D eigenvalue weighted by atomic mass is 9.82. The van der Waals surface area contributed by atoms with Crippen LogP contribution >= 0.6 is 11.6 Å². The number of nitrogen functional groups attached to an aromatic ring is 1. The van der Waals surface area contributed by atoms with E-state index in [-0.39, 0.29) is 0 Å². The zero-order valence-electron chi connectivity index (χ0n) is 10.0. The number of para-hydroxylation sites is 1. The van der Waals surface area contributed by atoms with Crippen molar-refractivity contribution in [1.29, 1.82) is 0 Å². The molecule has 0 spiro atoms. The molecule has 0 radical (unpaired) electrons. The molecule has 18 heavy (non-hydrogen) atoms. The number of hydrogen-bond donors (Lipinski definition) is 1. The van der Waals surface area contributed by atoms with Crippen LogP contribution in [0.2, 0.25) is 5.02 Å². The van der Waals surface area contributed by atoms with Gasteiger partial charge in [-0.3, -0.25) is 0 Å². The molecule has 0 unspecified atom stereocenters. The molecule has 2 aromatic rings. The van der Waals surface area contributed by atoms with Gasteiger partial charge in [0.25, 0.3) is 0 Å². The van der Waals surface area contributed by atoms with E-state index in [1.54, 1.807) is 6.07 Å². The van der Waals surface area contributed by atoms with Gasteiger partial charge in [0.1, 0.15) is 0 Å². The molecular formula is C12H14ClN5. The molecule has 94 valence electrons. The van der Waals surface area contributed by atoms with Crippen molar-refractivity contribution in [2.45, 2.75) is 25.8 Å². The fourth-order valence-electron chi connectivity index (χ4n) is 2.41. The molecule has 1 aliphatic rings. The summed E-state index contributed by atoms with van der Waals surface area (Å²) in [5.41, 5.74) is 7.32. The number of halogens is 1. The zero-order valence-corrected chi connectivity index (χ0v) is 10.8. The maximum Gasteiger partial charge on any atom is 0.184 e. The summed E-state index contributed by atoms with van der Waals surface area (Å²) in [6, 6.07) is 5.89. The molecule has 0 aliphatic heterocycles. The molecule has 0 bridgehead atoms. The van der Waals surface area contributed by atoms with Crippen molar-refractivity contribution < 1.29 is 0 Å². The summed E-state index contributed by atoms with van der Waals surface area (Å²) in [5, 5.41) is 12.4. The van der Waals surface area contributed by atoms with Crippen LogP contribution in [0, 0.1) is 5.92 Å². The Balaban J connectivity index is 2.02. The van der Waals surface area contributed by atoms with Gasteiger partial charge in [-0.15, -0.1) is 5.10 Å². The topological polar surface area (TPSA) is 69.6 Å². The lowest BCUT2D eigenvalue weighted by Crippen LogP contribution is -2.26. The second kappa shape index (κ2) is 4.24. The van der Waals surface area contributed by atoms with Crippen molar-refractivity contribution in [3.05, 3.63) is 23.2 Å². The van der Waals surface area contributed by atoms with E-state index >= 15 is 0 Å². The van der Waals surface area contributed by atoms with Crippen LogP contribution < -0.4 is 5.73 Å². The average molecular weight is 264 g/mol. The van der Waals surface area contributed by atoms with E-state index in [1.807, 2.05) is 16.8 Å². The first-order chi connectivity index (χ1) is 8.66. The molecule has 1 aromatic carbocycles. The Labute approximate surface area is 110 Å². The third-order valence-electron chi connectivity index (χ3n) is 3.48. The van der Waals surface area contributed by atoms with Crippen molar-refractivity contribution >= 4 is 17.3 Å². The van der Waals surface area contributed by atoms with E-state index in [2.05, 4.69) is 22.4 Å². The van der Waals surface area contributed by atoms with Gasteiger partial charge in [-0.2, -0.15) is 0 Å². The van der Waals surface area contributed by atoms with Gasteiger partial charge in [0, 0.05) is 5.56 Å². The van der Waals surface area contributed by atoms with Crippen LogP contribution in [0.3, 0.4) is 0 Å². The molecule has 6 heteroatoms. The van der Waals surface area contributed by atoms with Gasteiger partial charge >= 0.3 is 0 Å². The Hall–Kier alpha value is -1.62. The van der Waals surface area contributed by atoms with Gasteiger partial charge in [0.15, 0.2) is 5.82 Å². The quantitative estimate of drug-likeness (QED) is 0.846. The van der Waals surface area contributed by atoms with Crippen molar-refractivity contribution in [1.82, 2.24) is 20.2 Å². The highest BCUT2D eigenvalue weighted by Gasteiger charge is 2.30. The first-order valence-electron chi connectivity index (χ1n) is 5.99. The third-order valence-corrected chi connectivity index (χ3v) is 3.81. The Morgan fingerprint density at radius 3 is 2.89 bits per heavy atom. The predicted molar refractivity (Wildman–Crippen MR) is 70.1 cm³/mol. The highest BCUT2D eigenvalue weighted by molar-refractivity contribution is 6.33. The fourth-order valence-corrected chi connectivity index (χ4v) is 2.58. The molecule has 0 saturated heterocycles. The minimum absolute atomic E-state index is 0.378. The lowest BCUT2D eigenvalue weighted by molar-refractivity contribution is 0.199. The third kappa shape index (κ3) is 1.75. The predicted octanol–water partition coefficient (Wildman–Crippen LogP) is 2.55. The summed E-state index contributed by atoms with van der Waals surface area (Å²) >= 11 is 6.03. The fraction of sp³-hybridized carbons (Fsp3) is 0.417. The van der Waals surface area contributed by atoms with Gasteiger partial charge in [-0.1, -0.05) is 24.6 Å². The SMILES string of the molecule is CC1CC(n2nnnc2-c2cccc(Cl)c2N)C1. The summed E-state index contributed by atoms with van der Waals surface area (Å²) in [7, 11) is 0. The summed E-state index contributed by atoms with van der Waals surface area (Å²) in [5.74, 6) is 1.44. The Kier molecular flexibility index (Phi) is 2.70. The van der Waals surface area contributed by atoms with Crippen LogP contribution in [-0.4, -0.2) is 20.2 Å². The number of rotatable bonds is 2. The first kappa shape index (κ1) is 11.5. The summed E-state index contributed by atoms with van der Waals surface area (Å²) < 4.78 is 1.86. The van der Waals surface area contributed by atoms with Crippen LogP contribution in [-0.2, 0) is 0 Å². The number of nitrogens with two attached hydrogens (primary N) is 1. The van der Waals surface area contributed by atoms with Crippen LogP contribution in [0.5, 0.6) is 0 Å². The normalized spacial score (nSPS) is 22.8. The highest BCUT2D eigenvalue weighted by Crippen LogP contribution is 2.39. The molecule has 2 N–H and O–H groups in total. The summed E-state index contributed by atoms with van der Waals surface area (Å²) in [4.78, 5) is 0. The van der Waals surface area contributed by atoms with Crippen LogP contribution in [0.1, 0.15) is 25.8 Å². The maximum absolute atomic E-state index is 6.03. The van der Waals surface area contributed by atoms with E-state index in [9.17, 15) is 0 Å². The van der Waals surface area contributed by atoms with E-state index in [4.69, 9.17) is 17.3 Å². The van der Waals surface area contributed by atoms with Crippen molar-refractivity contribution in [3.63, 3.8) is 0 Å². The minimum atomic E-state index is 0.378. The van der Waals surface area contributed by atoms with Crippen LogP contribution in [0.4, 0.5) is 5.69 Å². The molecule has 1 aromatic heterocycles. The van der Waals surface area contributed by atoms with E-state index < -0.39 is 0 Å². The van der Waals surface area contributed by atoms with E-state index in [0.717, 1.165) is 24.3 Å². The molecule has 1 heterocycles. The van der Waals surface area contributed by atoms with Gasteiger partial charge in [-0.25, -0.2) is 4.68 Å². The largest absolute Gasteiger partial charge is 0.397 e. The van der Waals surface area contributed by atoms with Gasteiger partial charge in [-0.05, 0) is 41.3 Å². The van der Waals surface area contributed by atoms with E-state index in [0.29, 0.717) is 22.6 Å². The molecular weight excluding hydrogens is 250 g/mol. The van der Waals surface area contributed by atoms with Crippen molar-refractivity contribution in [2.75, 3.05) is 5.73 Å². The van der Waals surface area contributed by atoms with E-state index in [1.165, 1.54) is 0 Å². The molecule has 0 amide bonds. The summed E-state index contributed by atoms with van der Waals surface area (Å²) in [6.45, 7) is 2.23. The minimum Gasteiger partial charge on any atom is -0.397 e. The van der Waals surface area contributed by atoms with Gasteiger partial charge in [0.05, 0.1) is 16.8 Å². The average Bonchev–Trinajstić information content (AvgIpc) is 2.77. The first-order valence-corrected chi connectivity index (χ1v) is 6.37. The molecule has 1 fully saturated rings. The number of benzene rings is 1. The van der Waals surface area contributed by atoms with Gasteiger partial charge < -0.3 is 5.73 Å². The second-order valence-electron chi connectivity index (χ2n) is 4.88. The van der Waals surface area contributed by atoms with Crippen LogP contribution in [0.25, 0.3) is 11.4 Å². The van der Waals surface area contributed by atoms with Gasteiger partial charge in [0.2, 0.25) is 0 Å². The van der Waals surface area contributed by atoms with Crippen molar-refractivity contribution in [2.24, 2.45) is 5.92 Å². The monoisotopic (exact) mass is 263 g/mol. The Bertz CT molecular complexity index is 574. The smallest absolute Gasteiger partial charge is 0.184 e. The number of nitrogens with zero attached hydrogens (tertiary/aromatic N) is 4. The van der Waals surface area contributed by atoms with Crippen molar-refractivity contribution in [3.8, 4) is 11.4 Å². The maximum atomic E-state index is 6.03. The number of tetrazole rings is 1. The second-order valence-corrected chi connectivity index (χ2v) is 5.29. The molecule has 1 aliphatic carbocycles. The van der Waals surface area contributed by atoms with Crippen LogP contribution in [0.15, 0.2) is 18.2 Å². The molecule has 5 nitrogen and oxygen atoms in total. The standard InChI is InChI=1S/C12H14ClN5/c1-7-5-8(6-7)18-12(15-16-17-18)9-3-2-4-10(13)11(9)14/h2-4,7-8H,5-6,14H2,1H3. The number of anilines is 1. The number of hydrogen-bond acceptors (Lipinski definition) is 4. The Morgan fingerprint density at radius 1 is 1.39 bits per heavy atom. The Morgan fingerprint density at radius 2 is 2.17 bits per heavy atom. The molecule has 1 saturated carbocycles. The number of aromatic nitrogens is 4. The molecule has 3 rings (SSSR count). The lowest BCUT2D eigenvalue weighted by Gasteiger charge is -2.32.